The van der Waals surface area contributed by atoms with E-state index in [1.165, 1.54) is 7.11 Å². The van der Waals surface area contributed by atoms with E-state index in [2.05, 4.69) is 14.9 Å². The number of esters is 1. The number of nitrogens with one attached hydrogen (secondary N) is 1. The minimum absolute atomic E-state index is 0.306. The number of amides is 1. The summed E-state index contributed by atoms with van der Waals surface area (Å²) in [5.41, 5.74) is 2.03. The predicted octanol–water partition coefficient (Wildman–Crippen LogP) is 3.68. The largest absolute Gasteiger partial charge is 0.465 e. The van der Waals surface area contributed by atoms with Gasteiger partial charge in [-0.1, -0.05) is 6.07 Å². The van der Waals surface area contributed by atoms with Crippen molar-refractivity contribution in [2.24, 2.45) is 0 Å². The van der Waals surface area contributed by atoms with E-state index in [0.29, 0.717) is 18.2 Å². The first-order valence-electron chi connectivity index (χ1n) is 10.9. The number of carbonyl (C=O) groups is 2. The molecule has 3 rings (SSSR count). The molecule has 1 saturated heterocycles. The standard InChI is InChI=1S/C23H34N4O4/c1-16-19-8-7-17(21(28)30-5)15-20(19)27(25-16)18-9-13-26(14-10-18)12-6-11-24-22(29)31-23(2,3)4/h7-8,15,18H,6,9-14H2,1-5H3,(H,24,29). The van der Waals surface area contributed by atoms with Gasteiger partial charge in [0.15, 0.2) is 0 Å². The molecule has 31 heavy (non-hydrogen) atoms. The molecule has 170 valence electrons. The molecule has 8 nitrogen and oxygen atoms in total. The number of alkyl carbamates (subject to hydrolysis) is 1. The van der Waals surface area contributed by atoms with Crippen molar-refractivity contribution in [2.45, 2.75) is 58.6 Å². The Morgan fingerprint density at radius 3 is 2.58 bits per heavy atom. The lowest BCUT2D eigenvalue weighted by Gasteiger charge is -2.32. The third kappa shape index (κ3) is 5.97. The number of likely N-dealkylation sites (tertiary alicyclic amines) is 1. The minimum Gasteiger partial charge on any atom is -0.465 e. The third-order valence-corrected chi connectivity index (χ3v) is 5.54. The van der Waals surface area contributed by atoms with Gasteiger partial charge in [0.1, 0.15) is 5.60 Å². The molecule has 1 N–H and O–H groups in total. The van der Waals surface area contributed by atoms with E-state index in [1.807, 2.05) is 39.8 Å². The predicted molar refractivity (Wildman–Crippen MR) is 119 cm³/mol. The van der Waals surface area contributed by atoms with Crippen LogP contribution in [0.5, 0.6) is 0 Å². The molecule has 1 aliphatic heterocycles. The summed E-state index contributed by atoms with van der Waals surface area (Å²) in [5, 5.41) is 8.66. The first-order valence-corrected chi connectivity index (χ1v) is 10.9. The molecule has 1 amide bonds. The van der Waals surface area contributed by atoms with Crippen molar-refractivity contribution in [2.75, 3.05) is 33.3 Å². The van der Waals surface area contributed by atoms with E-state index in [1.54, 1.807) is 6.07 Å². The SMILES string of the molecule is COC(=O)c1ccc2c(C)nn(C3CCN(CCCNC(=O)OC(C)(C)C)CC3)c2c1. The Bertz CT molecular complexity index is 924. The Kier molecular flexibility index (Phi) is 7.20. The molecule has 0 radical (unpaired) electrons. The lowest BCUT2D eigenvalue weighted by molar-refractivity contribution is 0.0523. The lowest BCUT2D eigenvalue weighted by Crippen LogP contribution is -2.37. The van der Waals surface area contributed by atoms with Gasteiger partial charge in [0.05, 0.1) is 29.9 Å². The van der Waals surface area contributed by atoms with Crippen LogP contribution < -0.4 is 5.32 Å². The number of benzene rings is 1. The number of piperidine rings is 1. The monoisotopic (exact) mass is 430 g/mol. The van der Waals surface area contributed by atoms with Gasteiger partial charge in [-0.05, 0) is 65.6 Å². The number of hydrogen-bond acceptors (Lipinski definition) is 6. The molecule has 8 heteroatoms. The van der Waals surface area contributed by atoms with Crippen molar-refractivity contribution >= 4 is 23.0 Å². The number of ether oxygens (including phenoxy) is 2. The van der Waals surface area contributed by atoms with E-state index < -0.39 is 5.60 Å². The van der Waals surface area contributed by atoms with Crippen molar-refractivity contribution in [1.82, 2.24) is 20.0 Å². The Morgan fingerprint density at radius 2 is 1.94 bits per heavy atom. The molecule has 0 bridgehead atoms. The van der Waals surface area contributed by atoms with Gasteiger partial charge in [-0.15, -0.1) is 0 Å². The summed E-state index contributed by atoms with van der Waals surface area (Å²) in [4.78, 5) is 26.1. The summed E-state index contributed by atoms with van der Waals surface area (Å²) in [5.74, 6) is -0.331. The van der Waals surface area contributed by atoms with Crippen LogP contribution in [-0.4, -0.2) is 65.6 Å². The molecule has 1 aliphatic rings. The second kappa shape index (κ2) is 9.68. The quantitative estimate of drug-likeness (QED) is 0.556. The Hall–Kier alpha value is -2.61. The van der Waals surface area contributed by atoms with Crippen LogP contribution in [0.3, 0.4) is 0 Å². The molecule has 0 aliphatic carbocycles. The van der Waals surface area contributed by atoms with Crippen molar-refractivity contribution < 1.29 is 19.1 Å². The van der Waals surface area contributed by atoms with Crippen LogP contribution in [0.1, 0.15) is 62.1 Å². The van der Waals surface area contributed by atoms with Crippen LogP contribution in [0.2, 0.25) is 0 Å². The zero-order chi connectivity index (χ0) is 22.6. The van der Waals surface area contributed by atoms with Gasteiger partial charge in [0.25, 0.3) is 0 Å². The highest BCUT2D eigenvalue weighted by Gasteiger charge is 2.24. The molecular weight excluding hydrogens is 396 g/mol. The normalized spacial score (nSPS) is 15.8. The fourth-order valence-corrected chi connectivity index (χ4v) is 4.01. The van der Waals surface area contributed by atoms with E-state index in [-0.39, 0.29) is 12.1 Å². The van der Waals surface area contributed by atoms with Crippen LogP contribution in [0.15, 0.2) is 18.2 Å². The van der Waals surface area contributed by atoms with Crippen molar-refractivity contribution in [3.63, 3.8) is 0 Å². The summed E-state index contributed by atoms with van der Waals surface area (Å²) >= 11 is 0. The maximum absolute atomic E-state index is 11.9. The van der Waals surface area contributed by atoms with Crippen molar-refractivity contribution in [3.05, 3.63) is 29.5 Å². The van der Waals surface area contributed by atoms with Gasteiger partial charge < -0.3 is 19.7 Å². The summed E-state index contributed by atoms with van der Waals surface area (Å²) in [6, 6.07) is 5.93. The van der Waals surface area contributed by atoms with Gasteiger partial charge in [0, 0.05) is 25.0 Å². The molecule has 0 saturated carbocycles. The molecule has 2 aromatic rings. The molecule has 1 aromatic heterocycles. The van der Waals surface area contributed by atoms with Gasteiger partial charge >= 0.3 is 12.1 Å². The van der Waals surface area contributed by atoms with Crippen LogP contribution in [0.4, 0.5) is 4.79 Å². The van der Waals surface area contributed by atoms with Crippen LogP contribution >= 0.6 is 0 Å². The number of hydrogen-bond donors (Lipinski definition) is 1. The van der Waals surface area contributed by atoms with E-state index in [0.717, 1.165) is 55.5 Å². The van der Waals surface area contributed by atoms with Crippen LogP contribution in [0.25, 0.3) is 10.9 Å². The van der Waals surface area contributed by atoms with Crippen molar-refractivity contribution in [1.29, 1.82) is 0 Å². The number of aryl methyl sites for hydroxylation is 1. The molecule has 1 aromatic carbocycles. The molecule has 1 fully saturated rings. The molecular formula is C23H34N4O4. The summed E-state index contributed by atoms with van der Waals surface area (Å²) < 4.78 is 12.2. The highest BCUT2D eigenvalue weighted by molar-refractivity contribution is 5.95. The van der Waals surface area contributed by atoms with Gasteiger partial charge in [0.2, 0.25) is 0 Å². The second-order valence-electron chi connectivity index (χ2n) is 9.11. The van der Waals surface area contributed by atoms with Gasteiger partial charge in [-0.2, -0.15) is 5.10 Å². The minimum atomic E-state index is -0.474. The molecule has 2 heterocycles. The Morgan fingerprint density at radius 1 is 1.23 bits per heavy atom. The number of aromatic nitrogens is 2. The number of carbonyl (C=O) groups excluding carboxylic acids is 2. The average molecular weight is 431 g/mol. The first kappa shape index (κ1) is 23.1. The zero-order valence-corrected chi connectivity index (χ0v) is 19.2. The lowest BCUT2D eigenvalue weighted by atomic mass is 10.0. The molecule has 0 spiro atoms. The van der Waals surface area contributed by atoms with E-state index in [4.69, 9.17) is 14.6 Å². The number of nitrogens with zero attached hydrogens (tertiary/aromatic N) is 3. The zero-order valence-electron chi connectivity index (χ0n) is 19.2. The number of methoxy groups -OCH3 is 1. The Labute approximate surface area is 183 Å². The maximum atomic E-state index is 11.9. The second-order valence-corrected chi connectivity index (χ2v) is 9.11. The number of rotatable bonds is 6. The summed E-state index contributed by atoms with van der Waals surface area (Å²) in [6.45, 7) is 11.1. The molecule has 0 atom stereocenters. The molecule has 0 unspecified atom stereocenters. The summed E-state index contributed by atoms with van der Waals surface area (Å²) in [7, 11) is 1.40. The van der Waals surface area contributed by atoms with Crippen molar-refractivity contribution in [3.8, 4) is 0 Å². The van der Waals surface area contributed by atoms with Crippen LogP contribution in [-0.2, 0) is 9.47 Å². The van der Waals surface area contributed by atoms with Gasteiger partial charge in [-0.3, -0.25) is 4.68 Å². The first-order chi connectivity index (χ1) is 14.7. The topological polar surface area (TPSA) is 85.7 Å². The average Bonchev–Trinajstić information content (AvgIpc) is 3.06. The summed E-state index contributed by atoms with van der Waals surface area (Å²) in [6.07, 6.45) is 2.52. The highest BCUT2D eigenvalue weighted by Crippen LogP contribution is 2.29. The fraction of sp³-hybridized carbons (Fsp3) is 0.609. The smallest absolute Gasteiger partial charge is 0.407 e. The van der Waals surface area contributed by atoms with Gasteiger partial charge in [-0.25, -0.2) is 9.59 Å². The van der Waals surface area contributed by atoms with E-state index in [9.17, 15) is 9.59 Å². The third-order valence-electron chi connectivity index (χ3n) is 5.54. The van der Waals surface area contributed by atoms with Crippen LogP contribution in [0, 0.1) is 6.92 Å². The highest BCUT2D eigenvalue weighted by atomic mass is 16.6. The fourth-order valence-electron chi connectivity index (χ4n) is 4.01. The van der Waals surface area contributed by atoms with E-state index >= 15 is 0 Å². The number of fused-ring (bicyclic) bond motifs is 1. The Balaban J connectivity index is 1.52. The maximum Gasteiger partial charge on any atom is 0.407 e.